The van der Waals surface area contributed by atoms with Crippen LogP contribution in [0.2, 0.25) is 0 Å². The van der Waals surface area contributed by atoms with E-state index in [4.69, 9.17) is 9.47 Å². The fraction of sp³-hybridized carbons (Fsp3) is 0.345. The largest absolute Gasteiger partial charge is 0.494 e. The second kappa shape index (κ2) is 19.1. The standard InChI is InChI=1S/C58H68N2O2/c1-11-15-37-61-49-31-27-47(28-32-49)59(45-23-17-41(5)18-24-45)55-51-35-21-44(58(9,10)14-4)40-54(51)56(52-36-22-43(39-53(52)55)57(7,8)13-3)60(46-25-19-42(6)20-26-46)48-29-33-50(34-30-48)62-38-16-12-2/h17-36,39-40H,11-16,37-38H2,1-10H3. The molecule has 0 spiro atoms. The minimum atomic E-state index is -0.0357. The van der Waals surface area contributed by atoms with Gasteiger partial charge in [0.05, 0.1) is 24.6 Å². The molecule has 322 valence electrons. The van der Waals surface area contributed by atoms with Crippen LogP contribution in [-0.2, 0) is 10.8 Å². The van der Waals surface area contributed by atoms with Gasteiger partial charge < -0.3 is 19.3 Å². The first-order valence-electron chi connectivity index (χ1n) is 23.1. The van der Waals surface area contributed by atoms with Crippen molar-refractivity contribution in [1.82, 2.24) is 0 Å². The molecule has 0 aromatic heterocycles. The van der Waals surface area contributed by atoms with Gasteiger partial charge in [-0.15, -0.1) is 0 Å². The second-order valence-electron chi connectivity index (χ2n) is 18.4. The van der Waals surface area contributed by atoms with Crippen molar-refractivity contribution in [3.63, 3.8) is 0 Å². The Bertz CT molecular complexity index is 2390. The Kier molecular flexibility index (Phi) is 13.7. The first kappa shape index (κ1) is 44.3. The predicted molar refractivity (Wildman–Crippen MR) is 268 cm³/mol. The van der Waals surface area contributed by atoms with Crippen LogP contribution in [0.3, 0.4) is 0 Å². The van der Waals surface area contributed by atoms with Gasteiger partial charge in [0, 0.05) is 44.3 Å². The number of benzene rings is 7. The zero-order chi connectivity index (χ0) is 44.0. The summed E-state index contributed by atoms with van der Waals surface area (Å²) in [5.74, 6) is 1.79. The smallest absolute Gasteiger partial charge is 0.119 e. The first-order chi connectivity index (χ1) is 29.9. The van der Waals surface area contributed by atoms with Crippen LogP contribution in [0.5, 0.6) is 11.5 Å². The maximum absolute atomic E-state index is 6.20. The molecule has 0 radical (unpaired) electrons. The summed E-state index contributed by atoms with van der Waals surface area (Å²) in [6, 6.07) is 49.9. The highest BCUT2D eigenvalue weighted by atomic mass is 16.5. The van der Waals surface area contributed by atoms with E-state index in [9.17, 15) is 0 Å². The van der Waals surface area contributed by atoms with E-state index < -0.39 is 0 Å². The predicted octanol–water partition coefficient (Wildman–Crippen LogP) is 17.3. The van der Waals surface area contributed by atoms with E-state index >= 15 is 0 Å². The molecule has 0 aliphatic rings. The number of anilines is 6. The summed E-state index contributed by atoms with van der Waals surface area (Å²) in [6.07, 6.45) is 6.31. The Hall–Kier alpha value is -5.74. The number of ether oxygens (including phenoxy) is 2. The van der Waals surface area contributed by atoms with Crippen molar-refractivity contribution >= 4 is 55.7 Å². The van der Waals surface area contributed by atoms with Gasteiger partial charge in [-0.2, -0.15) is 0 Å². The lowest BCUT2D eigenvalue weighted by Crippen LogP contribution is -2.18. The average Bonchev–Trinajstić information content (AvgIpc) is 3.29. The van der Waals surface area contributed by atoms with Gasteiger partial charge in [0.25, 0.3) is 0 Å². The number of hydrogen-bond donors (Lipinski definition) is 0. The number of unbranched alkanes of at least 4 members (excludes halogenated alkanes) is 2. The summed E-state index contributed by atoms with van der Waals surface area (Å²) in [6.45, 7) is 24.2. The van der Waals surface area contributed by atoms with E-state index in [0.29, 0.717) is 13.2 Å². The van der Waals surface area contributed by atoms with E-state index in [1.807, 2.05) is 0 Å². The molecule has 0 saturated carbocycles. The van der Waals surface area contributed by atoms with Crippen LogP contribution in [0.1, 0.15) is 116 Å². The molecule has 62 heavy (non-hydrogen) atoms. The molecule has 7 rings (SSSR count). The van der Waals surface area contributed by atoms with Gasteiger partial charge >= 0.3 is 0 Å². The number of hydrogen-bond acceptors (Lipinski definition) is 4. The minimum absolute atomic E-state index is 0.0357. The highest BCUT2D eigenvalue weighted by molar-refractivity contribution is 6.23. The van der Waals surface area contributed by atoms with Crippen molar-refractivity contribution in [2.24, 2.45) is 0 Å². The highest BCUT2D eigenvalue weighted by Crippen LogP contribution is 2.53. The third-order valence-corrected chi connectivity index (χ3v) is 13.1. The lowest BCUT2D eigenvalue weighted by atomic mass is 9.79. The number of aryl methyl sites for hydroxylation is 2. The summed E-state index contributed by atoms with van der Waals surface area (Å²) >= 11 is 0. The minimum Gasteiger partial charge on any atom is -0.494 e. The molecule has 0 amide bonds. The molecular weight excluding hydrogens is 757 g/mol. The van der Waals surface area contributed by atoms with Gasteiger partial charge in [0.15, 0.2) is 0 Å². The fourth-order valence-electron chi connectivity index (χ4n) is 8.17. The summed E-state index contributed by atoms with van der Waals surface area (Å²) in [5.41, 5.74) is 11.7. The van der Waals surface area contributed by atoms with E-state index in [-0.39, 0.29) is 10.8 Å². The molecule has 7 aromatic carbocycles. The number of fused-ring (bicyclic) bond motifs is 2. The van der Waals surface area contributed by atoms with E-state index in [1.54, 1.807) is 0 Å². The van der Waals surface area contributed by atoms with E-state index in [1.165, 1.54) is 55.2 Å². The lowest BCUT2D eigenvalue weighted by molar-refractivity contribution is 0.309. The third-order valence-electron chi connectivity index (χ3n) is 13.1. The summed E-state index contributed by atoms with van der Waals surface area (Å²) in [5, 5.41) is 4.79. The van der Waals surface area contributed by atoms with Gasteiger partial charge in [0.2, 0.25) is 0 Å². The van der Waals surface area contributed by atoms with Crippen LogP contribution in [0.25, 0.3) is 21.5 Å². The summed E-state index contributed by atoms with van der Waals surface area (Å²) < 4.78 is 12.4. The lowest BCUT2D eigenvalue weighted by Gasteiger charge is -2.34. The summed E-state index contributed by atoms with van der Waals surface area (Å²) in [4.78, 5) is 4.96. The van der Waals surface area contributed by atoms with Crippen LogP contribution in [0.15, 0.2) is 133 Å². The maximum Gasteiger partial charge on any atom is 0.119 e. The number of nitrogens with zero attached hydrogens (tertiary/aromatic N) is 2. The van der Waals surface area contributed by atoms with Crippen LogP contribution in [-0.4, -0.2) is 13.2 Å². The molecule has 0 N–H and O–H groups in total. The van der Waals surface area contributed by atoms with Gasteiger partial charge in [-0.25, -0.2) is 0 Å². The zero-order valence-corrected chi connectivity index (χ0v) is 39.1. The molecule has 0 heterocycles. The Morgan fingerprint density at radius 1 is 0.403 bits per heavy atom. The molecule has 4 nitrogen and oxygen atoms in total. The third kappa shape index (κ3) is 9.36. The highest BCUT2D eigenvalue weighted by Gasteiger charge is 2.29. The van der Waals surface area contributed by atoms with E-state index in [2.05, 4.69) is 212 Å². The quantitative estimate of drug-likeness (QED) is 0.0489. The van der Waals surface area contributed by atoms with Crippen molar-refractivity contribution in [2.45, 2.75) is 119 Å². The monoisotopic (exact) mass is 825 g/mol. The van der Waals surface area contributed by atoms with Crippen LogP contribution >= 0.6 is 0 Å². The molecule has 0 aliphatic heterocycles. The fourth-order valence-corrected chi connectivity index (χ4v) is 8.17. The molecule has 7 aromatic rings. The van der Waals surface area contributed by atoms with Gasteiger partial charge in [-0.3, -0.25) is 0 Å². The molecule has 4 heteroatoms. The molecular formula is C58H68N2O2. The Morgan fingerprint density at radius 3 is 1.03 bits per heavy atom. The Morgan fingerprint density at radius 2 is 0.726 bits per heavy atom. The molecule has 0 unspecified atom stereocenters. The second-order valence-corrected chi connectivity index (χ2v) is 18.4. The topological polar surface area (TPSA) is 24.9 Å². The van der Waals surface area contributed by atoms with Crippen molar-refractivity contribution in [3.8, 4) is 11.5 Å². The molecule has 0 fully saturated rings. The molecule has 0 aliphatic carbocycles. The zero-order valence-electron chi connectivity index (χ0n) is 39.1. The maximum atomic E-state index is 6.20. The molecule has 0 bridgehead atoms. The van der Waals surface area contributed by atoms with Gasteiger partial charge in [-0.1, -0.05) is 128 Å². The van der Waals surface area contributed by atoms with Crippen molar-refractivity contribution in [3.05, 3.63) is 156 Å². The van der Waals surface area contributed by atoms with Crippen LogP contribution in [0.4, 0.5) is 34.1 Å². The Labute approximate surface area is 372 Å². The van der Waals surface area contributed by atoms with Crippen LogP contribution < -0.4 is 19.3 Å². The van der Waals surface area contributed by atoms with Gasteiger partial charge in [0.1, 0.15) is 11.5 Å². The average molecular weight is 825 g/mol. The normalized spacial score (nSPS) is 11.9. The molecule has 0 saturated heterocycles. The van der Waals surface area contributed by atoms with E-state index in [0.717, 1.165) is 72.8 Å². The van der Waals surface area contributed by atoms with Crippen LogP contribution in [0, 0.1) is 13.8 Å². The SMILES string of the molecule is CCCCOc1ccc(N(c2ccc(C)cc2)c2c3ccc(C(C)(C)CC)cc3c(N(c3ccc(C)cc3)c3ccc(OCCCC)cc3)c3ccc(C(C)(C)CC)cc23)cc1. The van der Waals surface area contributed by atoms with Crippen molar-refractivity contribution < 1.29 is 9.47 Å². The first-order valence-corrected chi connectivity index (χ1v) is 23.1. The van der Waals surface area contributed by atoms with Gasteiger partial charge in [-0.05, 0) is 146 Å². The molecule has 0 atom stereocenters. The van der Waals surface area contributed by atoms with Crippen molar-refractivity contribution in [1.29, 1.82) is 0 Å². The summed E-state index contributed by atoms with van der Waals surface area (Å²) in [7, 11) is 0. The number of rotatable bonds is 18. The van der Waals surface area contributed by atoms with Crippen molar-refractivity contribution in [2.75, 3.05) is 23.0 Å². The Balaban J connectivity index is 1.62.